The molecule has 2 aliphatic heterocycles. The summed E-state index contributed by atoms with van der Waals surface area (Å²) in [4.78, 5) is 21.0. The molecule has 2 aliphatic rings. The third-order valence-electron chi connectivity index (χ3n) is 5.00. The first-order valence-corrected chi connectivity index (χ1v) is 10.0. The Hall–Kier alpha value is -1.91. The molecule has 1 N–H and O–H groups in total. The molecule has 1 amide bonds. The first-order chi connectivity index (χ1) is 13.8. The molecule has 8 nitrogen and oxygen atoms in total. The quantitative estimate of drug-likeness (QED) is 0.589. The van der Waals surface area contributed by atoms with Gasteiger partial charge >= 0.3 is 6.09 Å². The number of nitrogens with one attached hydrogen (secondary N) is 1. The Balaban J connectivity index is 0.00000320. The summed E-state index contributed by atoms with van der Waals surface area (Å²) in [6.45, 7) is 9.17. The molecular formula is C21H33IN4O4. The number of aliphatic imine (C=N–C) groups is 1. The van der Waals surface area contributed by atoms with E-state index in [4.69, 9.17) is 14.2 Å². The highest BCUT2D eigenvalue weighted by atomic mass is 127. The van der Waals surface area contributed by atoms with Crippen LogP contribution in [0.15, 0.2) is 23.2 Å². The summed E-state index contributed by atoms with van der Waals surface area (Å²) in [6.07, 6.45) is 0.606. The Bertz CT molecular complexity index is 766. The minimum atomic E-state index is -0.475. The van der Waals surface area contributed by atoms with Crippen molar-refractivity contribution in [1.29, 1.82) is 0 Å². The fourth-order valence-corrected chi connectivity index (χ4v) is 3.58. The second-order valence-corrected chi connectivity index (χ2v) is 8.30. The number of hydrogen-bond donors (Lipinski definition) is 1. The smallest absolute Gasteiger partial charge is 0.410 e. The molecule has 0 spiro atoms. The zero-order chi connectivity index (χ0) is 21.0. The van der Waals surface area contributed by atoms with Crippen LogP contribution in [0.1, 0.15) is 26.3 Å². The molecular weight excluding hydrogens is 499 g/mol. The second-order valence-electron chi connectivity index (χ2n) is 8.30. The first-order valence-electron chi connectivity index (χ1n) is 10.0. The summed E-state index contributed by atoms with van der Waals surface area (Å²) in [7, 11) is 3.28. The molecule has 168 valence electrons. The number of ether oxygens (including phenoxy) is 3. The zero-order valence-corrected chi connectivity index (χ0v) is 20.8. The summed E-state index contributed by atoms with van der Waals surface area (Å²) in [6, 6.07) is 6.17. The van der Waals surface area contributed by atoms with Crippen LogP contribution in [0.2, 0.25) is 0 Å². The lowest BCUT2D eigenvalue weighted by molar-refractivity contribution is 0.0137. The van der Waals surface area contributed by atoms with Gasteiger partial charge in [0.05, 0.1) is 26.8 Å². The number of halogens is 1. The van der Waals surface area contributed by atoms with Crippen molar-refractivity contribution < 1.29 is 19.0 Å². The molecule has 1 fully saturated rings. The molecule has 0 saturated carbocycles. The molecule has 1 saturated heterocycles. The number of piperazine rings is 1. The van der Waals surface area contributed by atoms with Gasteiger partial charge in [-0.3, -0.25) is 4.99 Å². The Kier molecular flexibility index (Phi) is 8.45. The van der Waals surface area contributed by atoms with Crippen LogP contribution in [-0.2, 0) is 11.2 Å². The van der Waals surface area contributed by atoms with Crippen LogP contribution in [0.3, 0.4) is 0 Å². The lowest BCUT2D eigenvalue weighted by Gasteiger charge is -2.39. The van der Waals surface area contributed by atoms with Crippen LogP contribution in [0.5, 0.6) is 11.5 Å². The number of amides is 1. The number of guanidine groups is 1. The highest BCUT2D eigenvalue weighted by Gasteiger charge is 2.36. The van der Waals surface area contributed by atoms with E-state index in [2.05, 4.69) is 15.2 Å². The van der Waals surface area contributed by atoms with E-state index in [0.29, 0.717) is 19.6 Å². The van der Waals surface area contributed by atoms with Gasteiger partial charge in [-0.1, -0.05) is 6.07 Å². The minimum Gasteiger partial charge on any atom is -0.493 e. The van der Waals surface area contributed by atoms with E-state index in [1.54, 1.807) is 19.1 Å². The molecule has 0 aliphatic carbocycles. The van der Waals surface area contributed by atoms with E-state index in [1.165, 1.54) is 5.56 Å². The van der Waals surface area contributed by atoms with Crippen LogP contribution < -0.4 is 14.8 Å². The molecule has 1 unspecified atom stereocenters. The number of methoxy groups -OCH3 is 2. The summed E-state index contributed by atoms with van der Waals surface area (Å²) in [5.74, 6) is 2.39. The van der Waals surface area contributed by atoms with Crippen LogP contribution in [0, 0.1) is 0 Å². The number of nitrogens with zero attached hydrogens (tertiary/aromatic N) is 3. The molecule has 0 bridgehead atoms. The number of rotatable bonds is 5. The van der Waals surface area contributed by atoms with Gasteiger partial charge in [0.15, 0.2) is 17.5 Å². The van der Waals surface area contributed by atoms with E-state index in [9.17, 15) is 4.79 Å². The van der Waals surface area contributed by atoms with Gasteiger partial charge < -0.3 is 29.3 Å². The summed E-state index contributed by atoms with van der Waals surface area (Å²) in [5.41, 5.74) is 0.692. The van der Waals surface area contributed by atoms with Gasteiger partial charge in [0.25, 0.3) is 0 Å². The van der Waals surface area contributed by atoms with Crippen molar-refractivity contribution in [1.82, 2.24) is 15.1 Å². The van der Waals surface area contributed by atoms with E-state index in [0.717, 1.165) is 37.0 Å². The van der Waals surface area contributed by atoms with Crippen LogP contribution in [0.4, 0.5) is 4.79 Å². The van der Waals surface area contributed by atoms with Gasteiger partial charge in [-0.2, -0.15) is 0 Å². The SMILES string of the molecule is COc1ccc(CCNC2=NCC3CN(C(=O)OC(C)(C)C)CCN23)cc1OC.I. The predicted molar refractivity (Wildman–Crippen MR) is 127 cm³/mol. The first kappa shape index (κ1) is 24.4. The lowest BCUT2D eigenvalue weighted by Crippen LogP contribution is -2.57. The van der Waals surface area contributed by atoms with E-state index in [-0.39, 0.29) is 36.1 Å². The fourth-order valence-electron chi connectivity index (χ4n) is 3.58. The Morgan fingerprint density at radius 3 is 2.60 bits per heavy atom. The normalized spacial score (nSPS) is 18.2. The molecule has 3 rings (SSSR count). The number of carbonyl (C=O) groups is 1. The molecule has 30 heavy (non-hydrogen) atoms. The highest BCUT2D eigenvalue weighted by molar-refractivity contribution is 14.0. The molecule has 1 aromatic rings. The predicted octanol–water partition coefficient (Wildman–Crippen LogP) is 2.74. The number of hydrogen-bond acceptors (Lipinski definition) is 7. The number of fused-ring (bicyclic) bond motifs is 1. The third kappa shape index (κ3) is 6.05. The number of benzene rings is 1. The van der Waals surface area contributed by atoms with E-state index >= 15 is 0 Å². The van der Waals surface area contributed by atoms with Crippen molar-refractivity contribution in [3.63, 3.8) is 0 Å². The summed E-state index contributed by atoms with van der Waals surface area (Å²) in [5, 5.41) is 3.45. The largest absolute Gasteiger partial charge is 0.493 e. The molecule has 1 atom stereocenters. The van der Waals surface area contributed by atoms with Crippen molar-refractivity contribution in [2.45, 2.75) is 38.8 Å². The Morgan fingerprint density at radius 1 is 1.20 bits per heavy atom. The van der Waals surface area contributed by atoms with Crippen molar-refractivity contribution in [3.8, 4) is 11.5 Å². The van der Waals surface area contributed by atoms with Crippen molar-refractivity contribution in [3.05, 3.63) is 23.8 Å². The van der Waals surface area contributed by atoms with Gasteiger partial charge in [0.2, 0.25) is 0 Å². The van der Waals surface area contributed by atoms with Gasteiger partial charge in [-0.05, 0) is 44.9 Å². The summed E-state index contributed by atoms with van der Waals surface area (Å²) < 4.78 is 16.2. The van der Waals surface area contributed by atoms with Crippen LogP contribution in [0.25, 0.3) is 0 Å². The van der Waals surface area contributed by atoms with E-state index < -0.39 is 5.60 Å². The molecule has 9 heteroatoms. The topological polar surface area (TPSA) is 75.6 Å². The third-order valence-corrected chi connectivity index (χ3v) is 5.00. The van der Waals surface area contributed by atoms with Crippen molar-refractivity contribution in [2.24, 2.45) is 4.99 Å². The monoisotopic (exact) mass is 532 g/mol. The average Bonchev–Trinajstić information content (AvgIpc) is 3.08. The van der Waals surface area contributed by atoms with Gasteiger partial charge in [0, 0.05) is 26.2 Å². The van der Waals surface area contributed by atoms with Gasteiger partial charge in [0.1, 0.15) is 5.60 Å². The van der Waals surface area contributed by atoms with Crippen molar-refractivity contribution in [2.75, 3.05) is 46.9 Å². The van der Waals surface area contributed by atoms with E-state index in [1.807, 2.05) is 39.0 Å². The molecule has 2 heterocycles. The maximum Gasteiger partial charge on any atom is 0.410 e. The minimum absolute atomic E-state index is 0. The second kappa shape index (κ2) is 10.4. The lowest BCUT2D eigenvalue weighted by atomic mass is 10.1. The fraction of sp³-hybridized carbons (Fsp3) is 0.619. The molecule has 0 aromatic heterocycles. The van der Waals surface area contributed by atoms with Gasteiger partial charge in [-0.15, -0.1) is 24.0 Å². The zero-order valence-electron chi connectivity index (χ0n) is 18.4. The van der Waals surface area contributed by atoms with Crippen LogP contribution >= 0.6 is 24.0 Å². The Labute approximate surface area is 196 Å². The standard InChI is InChI=1S/C21H32N4O4.HI/c1-21(2,3)29-20(26)24-10-11-25-16(14-24)13-23-19(25)22-9-8-15-6-7-17(27-4)18(12-15)28-5;/h6-7,12,16H,8-11,13-14H2,1-5H3,(H,22,23);1H. The Morgan fingerprint density at radius 2 is 1.93 bits per heavy atom. The maximum absolute atomic E-state index is 12.3. The molecule has 0 radical (unpaired) electrons. The maximum atomic E-state index is 12.3. The number of carbonyl (C=O) groups excluding carboxylic acids is 1. The van der Waals surface area contributed by atoms with Crippen LogP contribution in [-0.4, -0.2) is 80.4 Å². The average molecular weight is 532 g/mol. The highest BCUT2D eigenvalue weighted by Crippen LogP contribution is 2.27. The van der Waals surface area contributed by atoms with Gasteiger partial charge in [-0.25, -0.2) is 4.79 Å². The molecule has 1 aromatic carbocycles. The van der Waals surface area contributed by atoms with Crippen molar-refractivity contribution >= 4 is 36.0 Å². The summed E-state index contributed by atoms with van der Waals surface area (Å²) >= 11 is 0.